The van der Waals surface area contributed by atoms with Crippen molar-refractivity contribution < 1.29 is 19.7 Å². The van der Waals surface area contributed by atoms with Gasteiger partial charge in [0.25, 0.3) is 0 Å². The zero-order chi connectivity index (χ0) is 13.9. The van der Waals surface area contributed by atoms with Crippen molar-refractivity contribution in [2.45, 2.75) is 27.2 Å². The topological polar surface area (TPSA) is 58.9 Å². The van der Waals surface area contributed by atoms with Crippen molar-refractivity contribution in [3.8, 4) is 23.0 Å². The highest BCUT2D eigenvalue weighted by Crippen LogP contribution is 2.48. The third-order valence-corrected chi connectivity index (χ3v) is 2.85. The summed E-state index contributed by atoms with van der Waals surface area (Å²) in [5.41, 5.74) is 2.39. The van der Waals surface area contributed by atoms with Gasteiger partial charge < -0.3 is 19.7 Å². The molecule has 1 rings (SSSR count). The molecule has 0 aliphatic carbocycles. The summed E-state index contributed by atoms with van der Waals surface area (Å²) >= 11 is 0. The van der Waals surface area contributed by atoms with Gasteiger partial charge in [0.2, 0.25) is 11.5 Å². The van der Waals surface area contributed by atoms with Crippen molar-refractivity contribution in [2.75, 3.05) is 14.2 Å². The quantitative estimate of drug-likeness (QED) is 0.639. The van der Waals surface area contributed by atoms with Gasteiger partial charge in [-0.3, -0.25) is 0 Å². The molecule has 2 N–H and O–H groups in total. The molecule has 0 atom stereocenters. The third-order valence-electron chi connectivity index (χ3n) is 2.85. The first-order valence-corrected chi connectivity index (χ1v) is 5.72. The van der Waals surface area contributed by atoms with Crippen molar-refractivity contribution in [1.82, 2.24) is 0 Å². The number of methoxy groups -OCH3 is 2. The Morgan fingerprint density at radius 3 is 2.00 bits per heavy atom. The number of phenols is 2. The van der Waals surface area contributed by atoms with E-state index in [1.165, 1.54) is 14.2 Å². The van der Waals surface area contributed by atoms with E-state index in [0.29, 0.717) is 17.5 Å². The van der Waals surface area contributed by atoms with Crippen LogP contribution in [-0.2, 0) is 6.42 Å². The molecule has 0 radical (unpaired) electrons. The summed E-state index contributed by atoms with van der Waals surface area (Å²) in [7, 11) is 2.85. The highest BCUT2D eigenvalue weighted by Gasteiger charge is 2.22. The van der Waals surface area contributed by atoms with Gasteiger partial charge in [-0.2, -0.15) is 0 Å². The lowest BCUT2D eigenvalue weighted by Gasteiger charge is -2.17. The lowest BCUT2D eigenvalue weighted by molar-refractivity contribution is 0.314. The van der Waals surface area contributed by atoms with Gasteiger partial charge >= 0.3 is 0 Å². The summed E-state index contributed by atoms with van der Waals surface area (Å²) in [6, 6.07) is 0. The average Bonchev–Trinajstić information content (AvgIpc) is 2.32. The first kappa shape index (κ1) is 14.2. The zero-order valence-electron chi connectivity index (χ0n) is 11.5. The van der Waals surface area contributed by atoms with Gasteiger partial charge in [-0.25, -0.2) is 0 Å². The number of benzene rings is 1. The van der Waals surface area contributed by atoms with Crippen LogP contribution in [0.2, 0.25) is 0 Å². The minimum Gasteiger partial charge on any atom is -0.504 e. The second-order valence-corrected chi connectivity index (χ2v) is 4.35. The van der Waals surface area contributed by atoms with Crippen LogP contribution in [0, 0.1) is 6.92 Å². The lowest BCUT2D eigenvalue weighted by Crippen LogP contribution is -1.98. The van der Waals surface area contributed by atoms with E-state index in [1.807, 2.05) is 19.9 Å². The molecule has 0 aromatic heterocycles. The van der Waals surface area contributed by atoms with E-state index in [1.54, 1.807) is 6.92 Å². The number of phenolic OH excluding ortho intramolecular Hbond substituents is 2. The van der Waals surface area contributed by atoms with Crippen LogP contribution in [0.4, 0.5) is 0 Å². The normalized spacial score (nSPS) is 10.1. The van der Waals surface area contributed by atoms with Gasteiger partial charge in [0.15, 0.2) is 11.5 Å². The fourth-order valence-electron chi connectivity index (χ4n) is 1.78. The van der Waals surface area contributed by atoms with E-state index in [2.05, 4.69) is 0 Å². The van der Waals surface area contributed by atoms with Crippen LogP contribution in [0.15, 0.2) is 11.6 Å². The molecule has 0 unspecified atom stereocenters. The maximum Gasteiger partial charge on any atom is 0.207 e. The number of aromatic hydroxyl groups is 2. The second-order valence-electron chi connectivity index (χ2n) is 4.35. The summed E-state index contributed by atoms with van der Waals surface area (Å²) in [5, 5.41) is 20.2. The van der Waals surface area contributed by atoms with E-state index in [0.717, 1.165) is 5.57 Å². The highest BCUT2D eigenvalue weighted by atomic mass is 16.5. The smallest absolute Gasteiger partial charge is 0.207 e. The Hall–Kier alpha value is -1.84. The Morgan fingerprint density at radius 1 is 1.06 bits per heavy atom. The minimum absolute atomic E-state index is 0.00399. The summed E-state index contributed by atoms with van der Waals surface area (Å²) in [6.07, 6.45) is 2.52. The van der Waals surface area contributed by atoms with Crippen molar-refractivity contribution in [2.24, 2.45) is 0 Å². The van der Waals surface area contributed by atoms with Crippen LogP contribution >= 0.6 is 0 Å². The van der Waals surface area contributed by atoms with E-state index in [-0.39, 0.29) is 23.0 Å². The van der Waals surface area contributed by atoms with Crippen LogP contribution in [0.25, 0.3) is 0 Å². The third kappa shape index (κ3) is 2.53. The first-order chi connectivity index (χ1) is 8.43. The van der Waals surface area contributed by atoms with Gasteiger partial charge in [0.05, 0.1) is 14.2 Å². The Morgan fingerprint density at radius 2 is 1.56 bits per heavy atom. The maximum absolute atomic E-state index is 10.2. The molecule has 1 aromatic rings. The molecule has 0 fully saturated rings. The van der Waals surface area contributed by atoms with Crippen molar-refractivity contribution in [1.29, 1.82) is 0 Å². The van der Waals surface area contributed by atoms with E-state index in [9.17, 15) is 10.2 Å². The largest absolute Gasteiger partial charge is 0.504 e. The van der Waals surface area contributed by atoms with Crippen LogP contribution in [0.3, 0.4) is 0 Å². The van der Waals surface area contributed by atoms with E-state index < -0.39 is 0 Å². The monoisotopic (exact) mass is 252 g/mol. The number of rotatable bonds is 4. The fraction of sp³-hybridized carbons (Fsp3) is 0.429. The molecule has 0 aliphatic rings. The molecule has 0 heterocycles. The summed E-state index contributed by atoms with van der Waals surface area (Å²) in [6.45, 7) is 5.70. The van der Waals surface area contributed by atoms with E-state index >= 15 is 0 Å². The Labute approximate surface area is 107 Å². The lowest BCUT2D eigenvalue weighted by atomic mass is 10.0. The molecule has 18 heavy (non-hydrogen) atoms. The second kappa shape index (κ2) is 5.67. The molecule has 0 aliphatic heterocycles. The number of allylic oxidation sites excluding steroid dienone is 2. The predicted octanol–water partition coefficient (Wildman–Crippen LogP) is 2.93. The molecule has 4 nitrogen and oxygen atoms in total. The molecular formula is C14H20O4. The molecule has 4 heteroatoms. The van der Waals surface area contributed by atoms with Crippen LogP contribution < -0.4 is 9.47 Å². The van der Waals surface area contributed by atoms with Crippen molar-refractivity contribution >= 4 is 0 Å². The first-order valence-electron chi connectivity index (χ1n) is 5.72. The molecule has 1 aromatic carbocycles. The van der Waals surface area contributed by atoms with Crippen LogP contribution in [0.5, 0.6) is 23.0 Å². The van der Waals surface area contributed by atoms with E-state index in [4.69, 9.17) is 9.47 Å². The number of hydrogen-bond donors (Lipinski definition) is 2. The van der Waals surface area contributed by atoms with Gasteiger partial charge in [-0.05, 0) is 27.2 Å². The molecular weight excluding hydrogens is 232 g/mol. The summed E-state index contributed by atoms with van der Waals surface area (Å²) < 4.78 is 10.2. The standard InChI is InChI=1S/C14H20O4/c1-8(2)6-7-10-9(3)11(15)13(17-4)14(18-5)12(10)16/h6,15-16H,7H2,1-5H3. The zero-order valence-corrected chi connectivity index (χ0v) is 11.5. The number of hydrogen-bond acceptors (Lipinski definition) is 4. The Bertz CT molecular complexity index is 471. The van der Waals surface area contributed by atoms with Gasteiger partial charge in [0, 0.05) is 11.1 Å². The van der Waals surface area contributed by atoms with Crippen molar-refractivity contribution in [3.05, 3.63) is 22.8 Å². The molecule has 0 saturated carbocycles. The molecule has 0 amide bonds. The fourth-order valence-corrected chi connectivity index (χ4v) is 1.78. The molecule has 0 saturated heterocycles. The van der Waals surface area contributed by atoms with Gasteiger partial charge in [-0.15, -0.1) is 0 Å². The Kier molecular flexibility index (Phi) is 4.48. The predicted molar refractivity (Wildman–Crippen MR) is 70.7 cm³/mol. The minimum atomic E-state index is 0.00399. The molecule has 0 bridgehead atoms. The van der Waals surface area contributed by atoms with Crippen LogP contribution in [0.1, 0.15) is 25.0 Å². The maximum atomic E-state index is 10.2. The highest BCUT2D eigenvalue weighted by molar-refractivity contribution is 5.66. The average molecular weight is 252 g/mol. The SMILES string of the molecule is COc1c(O)c(C)c(CC=C(C)C)c(O)c1OC. The summed E-state index contributed by atoms with van der Waals surface area (Å²) in [5.74, 6) is 0.345. The van der Waals surface area contributed by atoms with Gasteiger partial charge in [-0.1, -0.05) is 11.6 Å². The van der Waals surface area contributed by atoms with Gasteiger partial charge in [0.1, 0.15) is 0 Å². The number of ether oxygens (including phenoxy) is 2. The van der Waals surface area contributed by atoms with Crippen LogP contribution in [-0.4, -0.2) is 24.4 Å². The Balaban J connectivity index is 3.44. The molecule has 100 valence electrons. The molecule has 0 spiro atoms. The summed E-state index contributed by atoms with van der Waals surface area (Å²) in [4.78, 5) is 0. The van der Waals surface area contributed by atoms with Crippen molar-refractivity contribution in [3.63, 3.8) is 0 Å².